The number of benzene rings is 2. The fraction of sp³-hybridized carbons (Fsp3) is 0.235. The maximum Gasteiger partial charge on any atom is 0.244 e. The molecule has 1 aliphatic rings. The van der Waals surface area contributed by atoms with E-state index in [1.165, 1.54) is 0 Å². The van der Waals surface area contributed by atoms with Crippen molar-refractivity contribution >= 4 is 23.0 Å². The molecule has 1 atom stereocenters. The molecule has 108 valence electrons. The normalized spacial score (nSPS) is 15.3. The van der Waals surface area contributed by atoms with Crippen molar-refractivity contribution in [3.05, 3.63) is 54.1 Å². The van der Waals surface area contributed by atoms with Gasteiger partial charge >= 0.3 is 0 Å². The number of aliphatic hydroxyl groups is 1. The Morgan fingerprint density at radius 3 is 2.57 bits per heavy atom. The van der Waals surface area contributed by atoms with Gasteiger partial charge in [-0.25, -0.2) is 0 Å². The highest BCUT2D eigenvalue weighted by Crippen LogP contribution is 2.38. The van der Waals surface area contributed by atoms with Crippen LogP contribution in [0, 0.1) is 0 Å². The van der Waals surface area contributed by atoms with Gasteiger partial charge in [-0.1, -0.05) is 37.3 Å². The van der Waals surface area contributed by atoms with Gasteiger partial charge in [-0.15, -0.1) is 0 Å². The van der Waals surface area contributed by atoms with E-state index in [1.807, 2.05) is 60.4 Å². The third-order valence-corrected chi connectivity index (χ3v) is 3.74. The molecular weight excluding hydrogens is 264 g/mol. The van der Waals surface area contributed by atoms with E-state index in [0.717, 1.165) is 22.6 Å². The monoisotopic (exact) mass is 282 g/mol. The summed E-state index contributed by atoms with van der Waals surface area (Å²) in [7, 11) is 0. The minimum Gasteiger partial charge on any atom is -0.388 e. The molecule has 2 aromatic rings. The van der Waals surface area contributed by atoms with Gasteiger partial charge in [0.1, 0.15) is 6.54 Å². The Balaban J connectivity index is 2.11. The van der Waals surface area contributed by atoms with Crippen molar-refractivity contribution in [2.45, 2.75) is 19.4 Å². The highest BCUT2D eigenvalue weighted by molar-refractivity contribution is 6.03. The van der Waals surface area contributed by atoms with E-state index < -0.39 is 6.10 Å². The zero-order valence-electron chi connectivity index (χ0n) is 11.9. The van der Waals surface area contributed by atoms with Crippen LogP contribution in [0.5, 0.6) is 0 Å². The molecule has 2 aromatic carbocycles. The van der Waals surface area contributed by atoms with Crippen molar-refractivity contribution < 1.29 is 9.90 Å². The first-order valence-electron chi connectivity index (χ1n) is 7.14. The number of fused-ring (bicyclic) bond motifs is 1. The van der Waals surface area contributed by atoms with E-state index in [2.05, 4.69) is 5.32 Å². The number of carbonyl (C=O) groups excluding carboxylic acids is 1. The van der Waals surface area contributed by atoms with E-state index >= 15 is 0 Å². The number of anilines is 3. The molecule has 0 aromatic heterocycles. The van der Waals surface area contributed by atoms with Crippen molar-refractivity contribution in [2.24, 2.45) is 0 Å². The Morgan fingerprint density at radius 2 is 1.81 bits per heavy atom. The summed E-state index contributed by atoms with van der Waals surface area (Å²) >= 11 is 0. The van der Waals surface area contributed by atoms with Gasteiger partial charge in [0.25, 0.3) is 0 Å². The molecule has 0 bridgehead atoms. The van der Waals surface area contributed by atoms with Gasteiger partial charge in [0.15, 0.2) is 0 Å². The summed E-state index contributed by atoms with van der Waals surface area (Å²) < 4.78 is 0. The number of hydrogen-bond donors (Lipinski definition) is 2. The molecule has 0 spiro atoms. The molecular formula is C17H18N2O2. The predicted octanol–water partition coefficient (Wildman–Crippen LogP) is 3.22. The summed E-state index contributed by atoms with van der Waals surface area (Å²) in [6, 6.07) is 15.4. The Bertz CT molecular complexity index is 669. The zero-order chi connectivity index (χ0) is 14.8. The molecule has 1 amide bonds. The molecule has 0 radical (unpaired) electrons. The lowest BCUT2D eigenvalue weighted by atomic mass is 10.0. The van der Waals surface area contributed by atoms with Crippen LogP contribution in [0.2, 0.25) is 0 Å². The first-order valence-corrected chi connectivity index (χ1v) is 7.14. The summed E-state index contributed by atoms with van der Waals surface area (Å²) in [6.45, 7) is 2.20. The smallest absolute Gasteiger partial charge is 0.244 e. The molecule has 0 aliphatic carbocycles. The maximum atomic E-state index is 11.9. The lowest BCUT2D eigenvalue weighted by Crippen LogP contribution is -2.35. The van der Waals surface area contributed by atoms with Gasteiger partial charge in [-0.3, -0.25) is 4.79 Å². The van der Waals surface area contributed by atoms with Crippen LogP contribution in [0.25, 0.3) is 0 Å². The number of para-hydroxylation sites is 3. The first-order chi connectivity index (χ1) is 10.2. The SMILES string of the molecule is CCC(O)c1ccccc1N1CC(=O)Nc2ccccc21. The van der Waals surface area contributed by atoms with Crippen LogP contribution in [-0.2, 0) is 4.79 Å². The van der Waals surface area contributed by atoms with E-state index in [4.69, 9.17) is 0 Å². The second-order valence-corrected chi connectivity index (χ2v) is 5.13. The number of hydrogen-bond acceptors (Lipinski definition) is 3. The fourth-order valence-electron chi connectivity index (χ4n) is 2.68. The largest absolute Gasteiger partial charge is 0.388 e. The van der Waals surface area contributed by atoms with Crippen molar-refractivity contribution in [3.63, 3.8) is 0 Å². The fourth-order valence-corrected chi connectivity index (χ4v) is 2.68. The van der Waals surface area contributed by atoms with E-state index in [-0.39, 0.29) is 12.5 Å². The second-order valence-electron chi connectivity index (χ2n) is 5.13. The number of rotatable bonds is 3. The van der Waals surface area contributed by atoms with E-state index in [0.29, 0.717) is 6.42 Å². The summed E-state index contributed by atoms with van der Waals surface area (Å²) in [5.74, 6) is -0.0468. The lowest BCUT2D eigenvalue weighted by Gasteiger charge is -2.33. The Kier molecular flexibility index (Phi) is 3.62. The summed E-state index contributed by atoms with van der Waals surface area (Å²) in [6.07, 6.45) is 0.108. The summed E-state index contributed by atoms with van der Waals surface area (Å²) in [5, 5.41) is 13.1. The predicted molar refractivity (Wildman–Crippen MR) is 83.8 cm³/mol. The highest BCUT2D eigenvalue weighted by Gasteiger charge is 2.25. The summed E-state index contributed by atoms with van der Waals surface area (Å²) in [5.41, 5.74) is 3.49. The van der Waals surface area contributed by atoms with Crippen molar-refractivity contribution in [2.75, 3.05) is 16.8 Å². The number of amides is 1. The molecule has 0 fully saturated rings. The standard InChI is InChI=1S/C17H18N2O2/c1-2-16(20)12-7-3-5-9-14(12)19-11-17(21)18-13-8-4-6-10-15(13)19/h3-10,16,20H,2,11H2,1H3,(H,18,21). The number of aliphatic hydroxyl groups excluding tert-OH is 1. The zero-order valence-corrected chi connectivity index (χ0v) is 11.9. The van der Waals surface area contributed by atoms with Crippen molar-refractivity contribution in [3.8, 4) is 0 Å². The van der Waals surface area contributed by atoms with Crippen LogP contribution in [0.4, 0.5) is 17.1 Å². The first kappa shape index (κ1) is 13.6. The van der Waals surface area contributed by atoms with Crippen LogP contribution in [0.15, 0.2) is 48.5 Å². The summed E-state index contributed by atoms with van der Waals surface area (Å²) in [4.78, 5) is 13.9. The van der Waals surface area contributed by atoms with Gasteiger partial charge in [-0.05, 0) is 24.6 Å². The molecule has 1 aliphatic heterocycles. The van der Waals surface area contributed by atoms with Crippen LogP contribution in [0.3, 0.4) is 0 Å². The van der Waals surface area contributed by atoms with Crippen LogP contribution in [-0.4, -0.2) is 17.6 Å². The van der Waals surface area contributed by atoms with Gasteiger partial charge < -0.3 is 15.3 Å². The minimum atomic E-state index is -0.529. The second kappa shape index (κ2) is 5.58. The van der Waals surface area contributed by atoms with E-state index in [9.17, 15) is 9.90 Å². The minimum absolute atomic E-state index is 0.0468. The van der Waals surface area contributed by atoms with Gasteiger partial charge in [0.05, 0.1) is 17.5 Å². The third kappa shape index (κ3) is 2.50. The van der Waals surface area contributed by atoms with E-state index in [1.54, 1.807) is 0 Å². The Morgan fingerprint density at radius 1 is 1.14 bits per heavy atom. The average molecular weight is 282 g/mol. The number of carbonyl (C=O) groups is 1. The topological polar surface area (TPSA) is 52.6 Å². The molecule has 0 saturated heterocycles. The molecule has 4 heteroatoms. The van der Waals surface area contributed by atoms with Crippen molar-refractivity contribution in [1.82, 2.24) is 0 Å². The van der Waals surface area contributed by atoms with Crippen molar-refractivity contribution in [1.29, 1.82) is 0 Å². The quantitative estimate of drug-likeness (QED) is 0.908. The number of nitrogens with zero attached hydrogens (tertiary/aromatic N) is 1. The van der Waals surface area contributed by atoms with Crippen LogP contribution < -0.4 is 10.2 Å². The number of nitrogens with one attached hydrogen (secondary N) is 1. The van der Waals surface area contributed by atoms with Crippen LogP contribution in [0.1, 0.15) is 25.0 Å². The molecule has 2 N–H and O–H groups in total. The Hall–Kier alpha value is -2.33. The molecule has 4 nitrogen and oxygen atoms in total. The maximum absolute atomic E-state index is 11.9. The molecule has 0 saturated carbocycles. The Labute approximate surface area is 124 Å². The van der Waals surface area contributed by atoms with Gasteiger partial charge in [0.2, 0.25) is 5.91 Å². The molecule has 1 unspecified atom stereocenters. The lowest BCUT2D eigenvalue weighted by molar-refractivity contribution is -0.115. The third-order valence-electron chi connectivity index (χ3n) is 3.74. The molecule has 21 heavy (non-hydrogen) atoms. The molecule has 1 heterocycles. The highest BCUT2D eigenvalue weighted by atomic mass is 16.3. The van der Waals surface area contributed by atoms with Crippen LogP contribution >= 0.6 is 0 Å². The van der Waals surface area contributed by atoms with Gasteiger partial charge in [-0.2, -0.15) is 0 Å². The molecule has 3 rings (SSSR count). The van der Waals surface area contributed by atoms with Gasteiger partial charge in [0, 0.05) is 11.3 Å². The average Bonchev–Trinajstić information content (AvgIpc) is 2.53.